The predicted octanol–water partition coefficient (Wildman–Crippen LogP) is 5.55. The van der Waals surface area contributed by atoms with Gasteiger partial charge < -0.3 is 5.32 Å². The molecule has 0 radical (unpaired) electrons. The van der Waals surface area contributed by atoms with Crippen molar-refractivity contribution in [2.45, 2.75) is 60.9 Å². The zero-order chi connectivity index (χ0) is 17.5. The zero-order valence-electron chi connectivity index (χ0n) is 13.0. The Morgan fingerprint density at radius 1 is 1.12 bits per heavy atom. The summed E-state index contributed by atoms with van der Waals surface area (Å²) in [4.78, 5) is 0.517. The fourth-order valence-electron chi connectivity index (χ4n) is 3.18. The van der Waals surface area contributed by atoms with E-state index in [2.05, 4.69) is 21.2 Å². The van der Waals surface area contributed by atoms with E-state index in [9.17, 15) is 17.4 Å². The maximum Gasteiger partial charge on any atom is 0.391 e. The molecular formula is C16H20BrF3N2OS. The summed E-state index contributed by atoms with van der Waals surface area (Å²) in [5.74, 6) is -1.19. The van der Waals surface area contributed by atoms with E-state index < -0.39 is 21.8 Å². The second-order valence-electron chi connectivity index (χ2n) is 6.68. The number of hydrogen-bond donors (Lipinski definition) is 2. The van der Waals surface area contributed by atoms with Gasteiger partial charge in [-0.3, -0.25) is 0 Å². The second-order valence-corrected chi connectivity index (χ2v) is 9.87. The Kier molecular flexibility index (Phi) is 4.90. The van der Waals surface area contributed by atoms with E-state index in [1.54, 1.807) is 18.2 Å². The molecule has 0 amide bonds. The minimum absolute atomic E-state index is 0.00883. The molecule has 2 aliphatic carbocycles. The lowest BCUT2D eigenvalue weighted by Crippen LogP contribution is -2.32. The molecule has 1 atom stereocenters. The summed E-state index contributed by atoms with van der Waals surface area (Å²) in [5.41, 5.74) is 0.778. The van der Waals surface area contributed by atoms with Crippen molar-refractivity contribution < 1.29 is 17.4 Å². The minimum atomic E-state index is -4.09. The molecular weight excluding hydrogens is 405 g/mol. The summed E-state index contributed by atoms with van der Waals surface area (Å²) in [6, 6.07) is 5.18. The third-order valence-corrected chi connectivity index (χ3v) is 7.85. The summed E-state index contributed by atoms with van der Waals surface area (Å²) in [6.45, 7) is 0. The lowest BCUT2D eigenvalue weighted by Gasteiger charge is -2.31. The van der Waals surface area contributed by atoms with Crippen molar-refractivity contribution in [1.29, 1.82) is 4.78 Å². The summed E-state index contributed by atoms with van der Waals surface area (Å²) in [7, 11) is -2.74. The van der Waals surface area contributed by atoms with Gasteiger partial charge >= 0.3 is 6.18 Å². The largest absolute Gasteiger partial charge is 0.391 e. The summed E-state index contributed by atoms with van der Waals surface area (Å²) < 4.78 is 59.4. The lowest BCUT2D eigenvalue weighted by molar-refractivity contribution is -0.182. The van der Waals surface area contributed by atoms with Gasteiger partial charge in [0.1, 0.15) is 0 Å². The molecule has 0 aromatic heterocycles. The average Bonchev–Trinajstić information content (AvgIpc) is 3.34. The van der Waals surface area contributed by atoms with E-state index in [1.165, 1.54) is 0 Å². The quantitative estimate of drug-likeness (QED) is 0.665. The van der Waals surface area contributed by atoms with Crippen molar-refractivity contribution >= 4 is 31.3 Å². The maximum atomic E-state index is 12.7. The van der Waals surface area contributed by atoms with Gasteiger partial charge in [0.15, 0.2) is 0 Å². The van der Waals surface area contributed by atoms with Crippen LogP contribution in [-0.4, -0.2) is 21.7 Å². The van der Waals surface area contributed by atoms with Crippen LogP contribution in [0.5, 0.6) is 0 Å². The summed E-state index contributed by atoms with van der Waals surface area (Å²) in [5, 5.41) is 3.24. The van der Waals surface area contributed by atoms with E-state index in [-0.39, 0.29) is 24.1 Å². The number of hydrogen-bond acceptors (Lipinski definition) is 3. The number of benzene rings is 1. The highest BCUT2D eigenvalue weighted by Crippen LogP contribution is 2.39. The van der Waals surface area contributed by atoms with Crippen LogP contribution in [0.3, 0.4) is 0 Å². The zero-order valence-corrected chi connectivity index (χ0v) is 15.4. The summed E-state index contributed by atoms with van der Waals surface area (Å²) in [6.07, 6.45) is -1.15. The van der Waals surface area contributed by atoms with Gasteiger partial charge in [-0.1, -0.05) is 0 Å². The van der Waals surface area contributed by atoms with Crippen molar-refractivity contribution in [3.63, 3.8) is 0 Å². The first kappa shape index (κ1) is 18.0. The molecule has 24 heavy (non-hydrogen) atoms. The highest BCUT2D eigenvalue weighted by Gasteiger charge is 2.41. The summed E-state index contributed by atoms with van der Waals surface area (Å²) >= 11 is 3.43. The van der Waals surface area contributed by atoms with Gasteiger partial charge in [-0.25, -0.2) is 8.99 Å². The van der Waals surface area contributed by atoms with E-state index in [4.69, 9.17) is 4.78 Å². The standard InChI is InChI=1S/C16H20BrF3N2OS/c17-14-9-13(24(21,23)12-5-6-12)7-8-15(14)22-11-3-1-10(2-4-11)16(18,19)20/h7-12,21-22H,1-6H2. The molecule has 0 aliphatic heterocycles. The van der Waals surface area contributed by atoms with Crippen LogP contribution in [0.4, 0.5) is 18.9 Å². The van der Waals surface area contributed by atoms with E-state index in [0.717, 1.165) is 18.5 Å². The Morgan fingerprint density at radius 2 is 1.75 bits per heavy atom. The Morgan fingerprint density at radius 3 is 2.25 bits per heavy atom. The number of nitrogens with one attached hydrogen (secondary N) is 2. The fourth-order valence-corrected chi connectivity index (χ4v) is 5.57. The molecule has 2 N–H and O–H groups in total. The van der Waals surface area contributed by atoms with Crippen LogP contribution in [0.25, 0.3) is 0 Å². The Balaban J connectivity index is 1.64. The van der Waals surface area contributed by atoms with Crippen LogP contribution >= 0.6 is 15.9 Å². The molecule has 3 rings (SSSR count). The smallest absolute Gasteiger partial charge is 0.381 e. The predicted molar refractivity (Wildman–Crippen MR) is 91.7 cm³/mol. The first-order valence-electron chi connectivity index (χ1n) is 8.08. The highest BCUT2D eigenvalue weighted by atomic mass is 79.9. The minimum Gasteiger partial charge on any atom is -0.381 e. The number of alkyl halides is 3. The third kappa shape index (κ3) is 3.90. The average molecular weight is 425 g/mol. The van der Waals surface area contributed by atoms with Crippen molar-refractivity contribution in [1.82, 2.24) is 0 Å². The highest BCUT2D eigenvalue weighted by molar-refractivity contribution is 9.10. The van der Waals surface area contributed by atoms with Crippen molar-refractivity contribution in [3.8, 4) is 0 Å². The second kappa shape index (κ2) is 6.52. The van der Waals surface area contributed by atoms with Crippen molar-refractivity contribution in [2.75, 3.05) is 5.32 Å². The van der Waals surface area contributed by atoms with Gasteiger partial charge in [-0.05, 0) is 72.7 Å². The number of rotatable bonds is 4. The lowest BCUT2D eigenvalue weighted by atomic mass is 9.85. The monoisotopic (exact) mass is 424 g/mol. The topological polar surface area (TPSA) is 53.0 Å². The van der Waals surface area contributed by atoms with Gasteiger partial charge in [0.05, 0.1) is 15.6 Å². The van der Waals surface area contributed by atoms with Gasteiger partial charge in [0, 0.05) is 26.3 Å². The molecule has 2 fully saturated rings. The van der Waals surface area contributed by atoms with E-state index in [1.807, 2.05) is 0 Å². The van der Waals surface area contributed by atoms with Crippen molar-refractivity contribution in [2.24, 2.45) is 5.92 Å². The number of anilines is 1. The van der Waals surface area contributed by atoms with Crippen LogP contribution in [0.1, 0.15) is 38.5 Å². The molecule has 0 saturated heterocycles. The number of halogens is 4. The van der Waals surface area contributed by atoms with Gasteiger partial charge in [0.2, 0.25) is 0 Å². The molecule has 1 aromatic carbocycles. The molecule has 8 heteroatoms. The first-order chi connectivity index (χ1) is 11.2. The molecule has 134 valence electrons. The Hall–Kier alpha value is -0.760. The van der Waals surface area contributed by atoms with Crippen LogP contribution in [-0.2, 0) is 9.73 Å². The third-order valence-electron chi connectivity index (χ3n) is 4.83. The molecule has 0 bridgehead atoms. The normalized spacial score (nSPS) is 27.5. The molecule has 0 spiro atoms. The maximum absolute atomic E-state index is 12.7. The molecule has 3 nitrogen and oxygen atoms in total. The van der Waals surface area contributed by atoms with Gasteiger partial charge in [0.25, 0.3) is 0 Å². The molecule has 1 aromatic rings. The Bertz CT molecular complexity index is 709. The molecule has 2 saturated carbocycles. The Labute approximate surface area is 148 Å². The molecule has 0 heterocycles. The van der Waals surface area contributed by atoms with Crippen LogP contribution < -0.4 is 5.32 Å². The SMILES string of the molecule is N=S(=O)(c1ccc(NC2CCC(C(F)(F)F)CC2)c(Br)c1)C1CC1. The molecule has 1 unspecified atom stereocenters. The van der Waals surface area contributed by atoms with E-state index in [0.29, 0.717) is 22.2 Å². The van der Waals surface area contributed by atoms with Crippen LogP contribution in [0.2, 0.25) is 0 Å². The van der Waals surface area contributed by atoms with Crippen LogP contribution in [0.15, 0.2) is 27.6 Å². The molecule has 2 aliphatic rings. The fraction of sp³-hybridized carbons (Fsp3) is 0.625. The van der Waals surface area contributed by atoms with E-state index >= 15 is 0 Å². The van der Waals surface area contributed by atoms with Crippen molar-refractivity contribution in [3.05, 3.63) is 22.7 Å². The van der Waals surface area contributed by atoms with Gasteiger partial charge in [-0.15, -0.1) is 0 Å². The first-order valence-corrected chi connectivity index (χ1v) is 10.5. The van der Waals surface area contributed by atoms with Crippen LogP contribution in [0, 0.1) is 10.7 Å². The van der Waals surface area contributed by atoms with Gasteiger partial charge in [-0.2, -0.15) is 13.2 Å².